The molecule has 2 N–H and O–H groups in total. The fraction of sp³-hybridized carbons (Fsp3) is 0.588. The Bertz CT molecular complexity index is 544. The molecule has 4 nitrogen and oxygen atoms in total. The lowest BCUT2D eigenvalue weighted by molar-refractivity contribution is -0.135. The summed E-state index contributed by atoms with van der Waals surface area (Å²) in [7, 11) is 3.25. The number of aryl methyl sites for hydroxylation is 1. The number of ether oxygens (including phenoxy) is 1. The number of rotatable bonds is 7. The Kier molecular flexibility index (Phi) is 7.88. The van der Waals surface area contributed by atoms with E-state index in [0.29, 0.717) is 18.9 Å². The lowest BCUT2D eigenvalue weighted by atomic mass is 10.0. The van der Waals surface area contributed by atoms with Crippen LogP contribution >= 0.6 is 0 Å². The van der Waals surface area contributed by atoms with Gasteiger partial charge in [0, 0.05) is 25.6 Å². The highest BCUT2D eigenvalue weighted by molar-refractivity contribution is 5.80. The SMILES string of the molecule is CN=C(NCCCCC(F)(F)F)NC(C)c1cc(C)ccc1OC. The van der Waals surface area contributed by atoms with Crippen molar-refractivity contribution < 1.29 is 17.9 Å². The molecule has 0 aliphatic rings. The molecular formula is C17H26F3N3O. The van der Waals surface area contributed by atoms with Crippen molar-refractivity contribution in [3.8, 4) is 5.75 Å². The molecule has 0 amide bonds. The molecule has 0 saturated heterocycles. The second-order valence-corrected chi connectivity index (χ2v) is 5.68. The molecule has 7 heteroatoms. The maximum Gasteiger partial charge on any atom is 0.389 e. The van der Waals surface area contributed by atoms with Crippen molar-refractivity contribution in [2.75, 3.05) is 20.7 Å². The monoisotopic (exact) mass is 345 g/mol. The van der Waals surface area contributed by atoms with Crippen LogP contribution < -0.4 is 15.4 Å². The summed E-state index contributed by atoms with van der Waals surface area (Å²) in [5, 5.41) is 6.27. The standard InChI is InChI=1S/C17H26F3N3O/c1-12-7-8-15(24-4)14(11-12)13(2)23-16(21-3)22-10-6-5-9-17(18,19)20/h7-8,11,13H,5-6,9-10H2,1-4H3,(H2,21,22,23). The molecule has 0 radical (unpaired) electrons. The van der Waals surface area contributed by atoms with E-state index in [1.807, 2.05) is 32.0 Å². The zero-order valence-electron chi connectivity index (χ0n) is 14.6. The molecule has 1 unspecified atom stereocenters. The van der Waals surface area contributed by atoms with Gasteiger partial charge in [0.1, 0.15) is 5.75 Å². The third-order valence-corrected chi connectivity index (χ3v) is 3.61. The van der Waals surface area contributed by atoms with E-state index in [1.54, 1.807) is 14.2 Å². The van der Waals surface area contributed by atoms with E-state index >= 15 is 0 Å². The summed E-state index contributed by atoms with van der Waals surface area (Å²) in [6.45, 7) is 4.42. The topological polar surface area (TPSA) is 45.7 Å². The van der Waals surface area contributed by atoms with Crippen molar-refractivity contribution in [2.45, 2.75) is 45.3 Å². The number of alkyl halides is 3. The Hall–Kier alpha value is -1.92. The Balaban J connectivity index is 2.52. The van der Waals surface area contributed by atoms with E-state index in [1.165, 1.54) is 0 Å². The van der Waals surface area contributed by atoms with Gasteiger partial charge in [-0.25, -0.2) is 0 Å². The van der Waals surface area contributed by atoms with E-state index in [0.717, 1.165) is 16.9 Å². The minimum atomic E-state index is -4.09. The zero-order valence-corrected chi connectivity index (χ0v) is 14.6. The van der Waals surface area contributed by atoms with Gasteiger partial charge in [0.2, 0.25) is 0 Å². The molecule has 1 aromatic rings. The van der Waals surface area contributed by atoms with Gasteiger partial charge in [-0.05, 0) is 32.8 Å². The van der Waals surface area contributed by atoms with Crippen LogP contribution in [0.15, 0.2) is 23.2 Å². The molecule has 136 valence electrons. The first-order valence-electron chi connectivity index (χ1n) is 7.95. The van der Waals surface area contributed by atoms with Crippen molar-refractivity contribution >= 4 is 5.96 Å². The van der Waals surface area contributed by atoms with Gasteiger partial charge in [0.15, 0.2) is 5.96 Å². The maximum absolute atomic E-state index is 12.1. The minimum Gasteiger partial charge on any atom is -0.496 e. The van der Waals surface area contributed by atoms with Gasteiger partial charge in [-0.1, -0.05) is 17.7 Å². The predicted octanol–water partition coefficient (Wildman–Crippen LogP) is 3.96. The average molecular weight is 345 g/mol. The van der Waals surface area contributed by atoms with Gasteiger partial charge in [-0.15, -0.1) is 0 Å². The third-order valence-electron chi connectivity index (χ3n) is 3.61. The number of unbranched alkanes of at least 4 members (excludes halogenated alkanes) is 1. The van der Waals surface area contributed by atoms with Crippen LogP contribution in [0, 0.1) is 6.92 Å². The predicted molar refractivity (Wildman–Crippen MR) is 90.5 cm³/mol. The molecule has 0 aliphatic heterocycles. The number of nitrogens with one attached hydrogen (secondary N) is 2. The largest absolute Gasteiger partial charge is 0.496 e. The molecule has 0 saturated carbocycles. The second kappa shape index (κ2) is 9.39. The van der Waals surface area contributed by atoms with Crippen molar-refractivity contribution in [2.24, 2.45) is 4.99 Å². The smallest absolute Gasteiger partial charge is 0.389 e. The summed E-state index contributed by atoms with van der Waals surface area (Å²) >= 11 is 0. The average Bonchev–Trinajstić information content (AvgIpc) is 2.52. The molecule has 0 spiro atoms. The van der Waals surface area contributed by atoms with Crippen LogP contribution in [-0.4, -0.2) is 32.8 Å². The van der Waals surface area contributed by atoms with E-state index < -0.39 is 12.6 Å². The van der Waals surface area contributed by atoms with Crippen LogP contribution in [0.5, 0.6) is 5.75 Å². The molecule has 24 heavy (non-hydrogen) atoms. The van der Waals surface area contributed by atoms with Crippen LogP contribution in [-0.2, 0) is 0 Å². The van der Waals surface area contributed by atoms with Crippen molar-refractivity contribution in [1.82, 2.24) is 10.6 Å². The van der Waals surface area contributed by atoms with Crippen LogP contribution in [0.25, 0.3) is 0 Å². The van der Waals surface area contributed by atoms with Gasteiger partial charge >= 0.3 is 6.18 Å². The van der Waals surface area contributed by atoms with Crippen LogP contribution in [0.4, 0.5) is 13.2 Å². The third kappa shape index (κ3) is 7.10. The molecule has 0 aromatic heterocycles. The molecule has 0 aliphatic carbocycles. The maximum atomic E-state index is 12.1. The number of hydrogen-bond acceptors (Lipinski definition) is 2. The van der Waals surface area contributed by atoms with E-state index in [4.69, 9.17) is 4.74 Å². The first kappa shape index (κ1) is 20.1. The minimum absolute atomic E-state index is 0.0544. The first-order valence-corrected chi connectivity index (χ1v) is 7.95. The number of methoxy groups -OCH3 is 1. The lowest BCUT2D eigenvalue weighted by Gasteiger charge is -2.20. The number of nitrogens with zero attached hydrogens (tertiary/aromatic N) is 1. The lowest BCUT2D eigenvalue weighted by Crippen LogP contribution is -2.39. The Labute approximate surface area is 141 Å². The van der Waals surface area contributed by atoms with Gasteiger partial charge in [-0.3, -0.25) is 4.99 Å². The van der Waals surface area contributed by atoms with Crippen molar-refractivity contribution in [1.29, 1.82) is 0 Å². The summed E-state index contributed by atoms with van der Waals surface area (Å²) in [6.07, 6.45) is -4.30. The fourth-order valence-corrected chi connectivity index (χ4v) is 2.33. The molecule has 0 heterocycles. The highest BCUT2D eigenvalue weighted by Gasteiger charge is 2.25. The van der Waals surface area contributed by atoms with E-state index in [-0.39, 0.29) is 12.5 Å². The highest BCUT2D eigenvalue weighted by atomic mass is 19.4. The molecule has 1 atom stereocenters. The van der Waals surface area contributed by atoms with E-state index in [9.17, 15) is 13.2 Å². The molecule has 0 bridgehead atoms. The van der Waals surface area contributed by atoms with Gasteiger partial charge < -0.3 is 15.4 Å². The Morgan fingerprint density at radius 3 is 2.58 bits per heavy atom. The second-order valence-electron chi connectivity index (χ2n) is 5.68. The summed E-state index contributed by atoms with van der Waals surface area (Å²) in [6, 6.07) is 5.87. The van der Waals surface area contributed by atoms with Crippen molar-refractivity contribution in [3.05, 3.63) is 29.3 Å². The van der Waals surface area contributed by atoms with Crippen LogP contribution in [0.1, 0.15) is 43.4 Å². The molecule has 1 rings (SSSR count). The Morgan fingerprint density at radius 1 is 1.29 bits per heavy atom. The summed E-state index contributed by atoms with van der Waals surface area (Å²) in [5.74, 6) is 1.33. The number of aliphatic imine (C=N–C) groups is 1. The Morgan fingerprint density at radius 2 is 2.00 bits per heavy atom. The fourth-order valence-electron chi connectivity index (χ4n) is 2.33. The first-order chi connectivity index (χ1) is 11.3. The van der Waals surface area contributed by atoms with Gasteiger partial charge in [0.05, 0.1) is 13.2 Å². The van der Waals surface area contributed by atoms with Gasteiger partial charge in [0.25, 0.3) is 0 Å². The van der Waals surface area contributed by atoms with Crippen LogP contribution in [0.3, 0.4) is 0 Å². The number of hydrogen-bond donors (Lipinski definition) is 2. The summed E-state index contributed by atoms with van der Waals surface area (Å²) in [4.78, 5) is 4.11. The zero-order chi connectivity index (χ0) is 18.2. The number of guanidine groups is 1. The highest BCUT2D eigenvalue weighted by Crippen LogP contribution is 2.26. The molecule has 0 fully saturated rings. The summed E-state index contributed by atoms with van der Waals surface area (Å²) < 4.78 is 41.7. The van der Waals surface area contributed by atoms with Crippen LogP contribution in [0.2, 0.25) is 0 Å². The quantitative estimate of drug-likeness (QED) is 0.447. The molecule has 1 aromatic carbocycles. The summed E-state index contributed by atoms with van der Waals surface area (Å²) in [5.41, 5.74) is 2.12. The van der Waals surface area contributed by atoms with Gasteiger partial charge in [-0.2, -0.15) is 13.2 Å². The molecular weight excluding hydrogens is 319 g/mol. The number of benzene rings is 1. The van der Waals surface area contributed by atoms with E-state index in [2.05, 4.69) is 15.6 Å². The van der Waals surface area contributed by atoms with Crippen molar-refractivity contribution in [3.63, 3.8) is 0 Å². The normalized spacial score (nSPS) is 13.5. The number of halogens is 3.